The maximum absolute atomic E-state index is 12.3. The Balaban J connectivity index is 1.42. The topological polar surface area (TPSA) is 93.5 Å². The highest BCUT2D eigenvalue weighted by atomic mass is 16.6. The van der Waals surface area contributed by atoms with Crippen LogP contribution in [-0.4, -0.2) is 51.3 Å². The van der Waals surface area contributed by atoms with Gasteiger partial charge in [-0.1, -0.05) is 12.1 Å². The van der Waals surface area contributed by atoms with E-state index in [1.807, 2.05) is 38.6 Å². The van der Waals surface area contributed by atoms with E-state index in [1.165, 1.54) is 5.56 Å². The number of piperidine rings is 2. The van der Waals surface area contributed by atoms with Crippen molar-refractivity contribution in [2.75, 3.05) is 13.1 Å². The number of aromatic nitrogens is 2. The Hall–Kier alpha value is -2.90. The number of rotatable bonds is 3. The lowest BCUT2D eigenvalue weighted by molar-refractivity contribution is -0.134. The van der Waals surface area contributed by atoms with E-state index in [0.717, 1.165) is 35.9 Å². The SMILES string of the molecule is Cn1nc(C2CCC(=O)NC2=O)c2ccc(CC3CCN(C(=O)OC(C)(C)C)CC3)cc21. The molecule has 0 radical (unpaired) electrons. The van der Waals surface area contributed by atoms with Crippen LogP contribution >= 0.6 is 0 Å². The molecule has 2 aromatic rings. The first kappa shape index (κ1) is 22.3. The van der Waals surface area contributed by atoms with Crippen molar-refractivity contribution in [3.05, 3.63) is 29.5 Å². The summed E-state index contributed by atoms with van der Waals surface area (Å²) in [5, 5.41) is 8.01. The molecule has 1 aromatic heterocycles. The minimum atomic E-state index is -0.473. The van der Waals surface area contributed by atoms with E-state index in [0.29, 0.717) is 31.8 Å². The molecule has 32 heavy (non-hydrogen) atoms. The Kier molecular flexibility index (Phi) is 5.97. The molecule has 8 heteroatoms. The lowest BCUT2D eigenvalue weighted by Gasteiger charge is -2.33. The summed E-state index contributed by atoms with van der Waals surface area (Å²) in [6.45, 7) is 7.09. The lowest BCUT2D eigenvalue weighted by Crippen LogP contribution is -2.42. The van der Waals surface area contributed by atoms with Gasteiger partial charge < -0.3 is 9.64 Å². The molecule has 4 rings (SSSR count). The first-order valence-corrected chi connectivity index (χ1v) is 11.4. The van der Waals surface area contributed by atoms with Crippen LogP contribution in [0.15, 0.2) is 18.2 Å². The van der Waals surface area contributed by atoms with E-state index in [4.69, 9.17) is 4.74 Å². The van der Waals surface area contributed by atoms with Crippen LogP contribution < -0.4 is 5.32 Å². The minimum Gasteiger partial charge on any atom is -0.444 e. The van der Waals surface area contributed by atoms with E-state index < -0.39 is 5.60 Å². The lowest BCUT2D eigenvalue weighted by atomic mass is 9.89. The number of nitrogens with zero attached hydrogens (tertiary/aromatic N) is 3. The second kappa shape index (κ2) is 8.56. The number of carbonyl (C=O) groups excluding carboxylic acids is 3. The van der Waals surface area contributed by atoms with Gasteiger partial charge in [0, 0.05) is 31.9 Å². The van der Waals surface area contributed by atoms with Gasteiger partial charge in [-0.25, -0.2) is 4.79 Å². The summed E-state index contributed by atoms with van der Waals surface area (Å²) in [6.07, 6.45) is 3.45. The van der Waals surface area contributed by atoms with Gasteiger partial charge in [-0.2, -0.15) is 5.10 Å². The summed E-state index contributed by atoms with van der Waals surface area (Å²) in [5.41, 5.74) is 2.49. The Bertz CT molecular complexity index is 1040. The molecule has 0 aliphatic carbocycles. The summed E-state index contributed by atoms with van der Waals surface area (Å²) in [5.74, 6) is -0.359. The molecule has 0 saturated carbocycles. The van der Waals surface area contributed by atoms with Crippen molar-refractivity contribution < 1.29 is 19.1 Å². The van der Waals surface area contributed by atoms with Crippen LogP contribution in [0.1, 0.15) is 63.6 Å². The predicted octanol–water partition coefficient (Wildman–Crippen LogP) is 3.28. The van der Waals surface area contributed by atoms with Crippen LogP contribution in [-0.2, 0) is 27.8 Å². The standard InChI is InChI=1S/C24H32N4O4/c1-24(2,3)32-23(31)28-11-9-15(10-12-28)13-16-5-6-17-19(14-16)27(4)26-21(17)18-7-8-20(29)25-22(18)30/h5-6,14-15,18H,7-13H2,1-4H3,(H,25,29,30). The van der Waals surface area contributed by atoms with Crippen LogP contribution in [0.25, 0.3) is 10.9 Å². The molecule has 2 saturated heterocycles. The first-order valence-electron chi connectivity index (χ1n) is 11.4. The monoisotopic (exact) mass is 440 g/mol. The Morgan fingerprint density at radius 2 is 1.91 bits per heavy atom. The molecule has 8 nitrogen and oxygen atoms in total. The Morgan fingerprint density at radius 1 is 1.19 bits per heavy atom. The van der Waals surface area contributed by atoms with Crippen LogP contribution in [0.2, 0.25) is 0 Å². The van der Waals surface area contributed by atoms with Crippen LogP contribution in [0.5, 0.6) is 0 Å². The Morgan fingerprint density at radius 3 is 2.56 bits per heavy atom. The molecule has 172 valence electrons. The first-order chi connectivity index (χ1) is 15.1. The summed E-state index contributed by atoms with van der Waals surface area (Å²) in [7, 11) is 1.89. The summed E-state index contributed by atoms with van der Waals surface area (Å²) >= 11 is 0. The van der Waals surface area contributed by atoms with E-state index in [-0.39, 0.29) is 23.8 Å². The number of imide groups is 1. The number of fused-ring (bicyclic) bond motifs is 1. The average molecular weight is 441 g/mol. The molecule has 0 spiro atoms. The van der Waals surface area contributed by atoms with Crippen LogP contribution in [0.3, 0.4) is 0 Å². The number of hydrogen-bond donors (Lipinski definition) is 1. The normalized spacial score (nSPS) is 20.5. The molecule has 1 atom stereocenters. The predicted molar refractivity (Wildman–Crippen MR) is 120 cm³/mol. The van der Waals surface area contributed by atoms with Gasteiger partial charge in [-0.3, -0.25) is 19.6 Å². The molecular formula is C24H32N4O4. The highest BCUT2D eigenvalue weighted by Gasteiger charge is 2.32. The number of nitrogens with one attached hydrogen (secondary N) is 1. The summed E-state index contributed by atoms with van der Waals surface area (Å²) in [4.78, 5) is 37.9. The van der Waals surface area contributed by atoms with Crippen LogP contribution in [0, 0.1) is 5.92 Å². The van der Waals surface area contributed by atoms with Crippen molar-refractivity contribution in [3.63, 3.8) is 0 Å². The molecule has 2 fully saturated rings. The molecule has 2 aliphatic heterocycles. The third-order valence-electron chi connectivity index (χ3n) is 6.30. The third kappa shape index (κ3) is 4.79. The maximum atomic E-state index is 12.3. The number of aryl methyl sites for hydroxylation is 1. The van der Waals surface area contributed by atoms with E-state index in [1.54, 1.807) is 4.90 Å². The highest BCUT2D eigenvalue weighted by molar-refractivity contribution is 6.02. The Labute approximate surface area is 188 Å². The fourth-order valence-corrected chi connectivity index (χ4v) is 4.65. The molecule has 3 heterocycles. The summed E-state index contributed by atoms with van der Waals surface area (Å²) < 4.78 is 7.31. The molecule has 0 bridgehead atoms. The van der Waals surface area contributed by atoms with Gasteiger partial charge in [0.05, 0.1) is 17.1 Å². The van der Waals surface area contributed by atoms with Gasteiger partial charge in [-0.15, -0.1) is 0 Å². The third-order valence-corrected chi connectivity index (χ3v) is 6.30. The zero-order valence-electron chi connectivity index (χ0n) is 19.3. The zero-order chi connectivity index (χ0) is 23.0. The van der Waals surface area contributed by atoms with Crippen molar-refractivity contribution >= 4 is 28.8 Å². The van der Waals surface area contributed by atoms with Crippen molar-refractivity contribution in [1.82, 2.24) is 20.0 Å². The number of amides is 3. The molecule has 1 aromatic carbocycles. The number of hydrogen-bond acceptors (Lipinski definition) is 5. The van der Waals surface area contributed by atoms with Crippen molar-refractivity contribution in [2.45, 2.75) is 64.4 Å². The van der Waals surface area contributed by atoms with Crippen molar-refractivity contribution in [3.8, 4) is 0 Å². The largest absolute Gasteiger partial charge is 0.444 e. The van der Waals surface area contributed by atoms with Gasteiger partial charge in [0.15, 0.2) is 0 Å². The van der Waals surface area contributed by atoms with E-state index in [9.17, 15) is 14.4 Å². The smallest absolute Gasteiger partial charge is 0.410 e. The van der Waals surface area contributed by atoms with E-state index in [2.05, 4.69) is 22.5 Å². The van der Waals surface area contributed by atoms with Crippen LogP contribution in [0.4, 0.5) is 4.79 Å². The fraction of sp³-hybridized carbons (Fsp3) is 0.583. The minimum absolute atomic E-state index is 0.216. The van der Waals surface area contributed by atoms with E-state index >= 15 is 0 Å². The number of benzene rings is 1. The van der Waals surface area contributed by atoms with Gasteiger partial charge in [0.1, 0.15) is 5.60 Å². The molecule has 2 aliphatic rings. The van der Waals surface area contributed by atoms with Gasteiger partial charge in [0.2, 0.25) is 11.8 Å². The number of ether oxygens (including phenoxy) is 1. The van der Waals surface area contributed by atoms with Gasteiger partial charge in [0.25, 0.3) is 0 Å². The number of carbonyl (C=O) groups is 3. The molecule has 1 unspecified atom stereocenters. The fourth-order valence-electron chi connectivity index (χ4n) is 4.65. The molecule has 1 N–H and O–H groups in total. The van der Waals surface area contributed by atoms with Gasteiger partial charge in [-0.05, 0) is 64.0 Å². The highest BCUT2D eigenvalue weighted by Crippen LogP contribution is 2.31. The summed E-state index contributed by atoms with van der Waals surface area (Å²) in [6, 6.07) is 6.31. The van der Waals surface area contributed by atoms with Crippen molar-refractivity contribution in [2.24, 2.45) is 13.0 Å². The maximum Gasteiger partial charge on any atom is 0.410 e. The number of likely N-dealkylation sites (tertiary alicyclic amines) is 1. The molecule has 3 amide bonds. The zero-order valence-corrected chi connectivity index (χ0v) is 19.3. The van der Waals surface area contributed by atoms with Crippen molar-refractivity contribution in [1.29, 1.82) is 0 Å². The average Bonchev–Trinajstić information content (AvgIpc) is 3.03. The quantitative estimate of drug-likeness (QED) is 0.740. The second-order valence-corrected chi connectivity index (χ2v) is 9.98. The second-order valence-electron chi connectivity index (χ2n) is 9.98. The van der Waals surface area contributed by atoms with Gasteiger partial charge >= 0.3 is 6.09 Å². The molecular weight excluding hydrogens is 408 g/mol.